The molecule has 2 aromatic rings. The lowest BCUT2D eigenvalue weighted by Gasteiger charge is -2.33. The first-order chi connectivity index (χ1) is 12.2. The summed E-state index contributed by atoms with van der Waals surface area (Å²) in [7, 11) is 1.33. The molecule has 1 aromatic carbocycles. The minimum absolute atomic E-state index is 0.0329. The van der Waals surface area contributed by atoms with Gasteiger partial charge in [0.2, 0.25) is 0 Å². The number of methoxy groups -OCH3 is 1. The van der Waals surface area contributed by atoms with Gasteiger partial charge in [-0.2, -0.15) is 0 Å². The first-order valence-corrected chi connectivity index (χ1v) is 8.21. The van der Waals surface area contributed by atoms with Gasteiger partial charge in [0.1, 0.15) is 11.9 Å². The Morgan fingerprint density at radius 2 is 1.76 bits per heavy atom. The van der Waals surface area contributed by atoms with Crippen LogP contribution in [0.15, 0.2) is 48.8 Å². The second kappa shape index (κ2) is 7.79. The van der Waals surface area contributed by atoms with Crippen molar-refractivity contribution in [1.82, 2.24) is 9.88 Å². The summed E-state index contributed by atoms with van der Waals surface area (Å²) in [4.78, 5) is 29.9. The van der Waals surface area contributed by atoms with E-state index < -0.39 is 5.97 Å². The third-order valence-corrected chi connectivity index (χ3v) is 4.17. The van der Waals surface area contributed by atoms with E-state index in [0.717, 1.165) is 18.6 Å². The van der Waals surface area contributed by atoms with E-state index in [9.17, 15) is 9.59 Å². The van der Waals surface area contributed by atoms with Crippen LogP contribution in [0.1, 0.15) is 33.6 Å². The summed E-state index contributed by atoms with van der Waals surface area (Å²) >= 11 is 0. The van der Waals surface area contributed by atoms with Crippen molar-refractivity contribution in [2.24, 2.45) is 0 Å². The molecule has 0 radical (unpaired) electrons. The van der Waals surface area contributed by atoms with Crippen molar-refractivity contribution in [3.05, 3.63) is 59.9 Å². The van der Waals surface area contributed by atoms with Gasteiger partial charge in [0, 0.05) is 24.5 Å². The van der Waals surface area contributed by atoms with Crippen molar-refractivity contribution in [1.29, 1.82) is 0 Å². The van der Waals surface area contributed by atoms with Gasteiger partial charge in [-0.25, -0.2) is 4.79 Å². The molecule has 0 spiro atoms. The molecule has 1 saturated heterocycles. The molecule has 0 saturated carbocycles. The predicted molar refractivity (Wildman–Crippen MR) is 91.6 cm³/mol. The van der Waals surface area contributed by atoms with Crippen LogP contribution in [0.2, 0.25) is 0 Å². The molecule has 1 atom stereocenters. The molecule has 130 valence electrons. The van der Waals surface area contributed by atoms with Gasteiger partial charge in [-0.05, 0) is 49.2 Å². The third-order valence-electron chi connectivity index (χ3n) is 4.17. The van der Waals surface area contributed by atoms with Gasteiger partial charge in [-0.3, -0.25) is 9.78 Å². The number of carbonyl (C=O) groups excluding carboxylic acids is 2. The van der Waals surface area contributed by atoms with E-state index in [-0.39, 0.29) is 12.0 Å². The van der Waals surface area contributed by atoms with Crippen LogP contribution in [0.3, 0.4) is 0 Å². The molecule has 6 nitrogen and oxygen atoms in total. The number of rotatable bonds is 4. The van der Waals surface area contributed by atoms with Gasteiger partial charge in [-0.1, -0.05) is 0 Å². The smallest absolute Gasteiger partial charge is 0.337 e. The Bertz CT molecular complexity index is 731. The maximum atomic E-state index is 12.7. The third kappa shape index (κ3) is 4.15. The molecule has 0 bridgehead atoms. The van der Waals surface area contributed by atoms with Crippen LogP contribution in [-0.4, -0.2) is 48.1 Å². The van der Waals surface area contributed by atoms with E-state index in [0.29, 0.717) is 24.2 Å². The number of piperidine rings is 1. The predicted octanol–water partition coefficient (Wildman–Crippen LogP) is 2.55. The SMILES string of the molecule is COC(=O)c1ccc(C(=O)N2CCC[C@@H](Oc3ccncc3)C2)cc1. The Morgan fingerprint density at radius 3 is 2.44 bits per heavy atom. The van der Waals surface area contributed by atoms with Gasteiger partial charge >= 0.3 is 5.97 Å². The van der Waals surface area contributed by atoms with Crippen LogP contribution in [0, 0.1) is 0 Å². The lowest BCUT2D eigenvalue weighted by Crippen LogP contribution is -2.44. The number of esters is 1. The summed E-state index contributed by atoms with van der Waals surface area (Å²) in [5.41, 5.74) is 0.980. The Labute approximate surface area is 146 Å². The lowest BCUT2D eigenvalue weighted by molar-refractivity contribution is 0.0536. The maximum absolute atomic E-state index is 12.7. The second-order valence-corrected chi connectivity index (χ2v) is 5.89. The lowest BCUT2D eigenvalue weighted by atomic mass is 10.1. The highest BCUT2D eigenvalue weighted by Crippen LogP contribution is 2.19. The van der Waals surface area contributed by atoms with Gasteiger partial charge < -0.3 is 14.4 Å². The molecular formula is C19H20N2O4. The summed E-state index contributed by atoms with van der Waals surface area (Å²) in [6, 6.07) is 10.1. The van der Waals surface area contributed by atoms with E-state index >= 15 is 0 Å². The number of ether oxygens (including phenoxy) is 2. The van der Waals surface area contributed by atoms with E-state index in [1.165, 1.54) is 7.11 Å². The van der Waals surface area contributed by atoms with Crippen molar-refractivity contribution >= 4 is 11.9 Å². The molecule has 3 rings (SSSR count). The molecule has 2 heterocycles. The van der Waals surface area contributed by atoms with Crippen molar-refractivity contribution in [2.45, 2.75) is 18.9 Å². The zero-order valence-corrected chi connectivity index (χ0v) is 14.1. The number of benzene rings is 1. The van der Waals surface area contributed by atoms with Crippen LogP contribution < -0.4 is 4.74 Å². The summed E-state index contributed by atoms with van der Waals surface area (Å²) in [6.45, 7) is 1.24. The number of hydrogen-bond donors (Lipinski definition) is 0. The van der Waals surface area contributed by atoms with Gasteiger partial charge in [0.15, 0.2) is 0 Å². The molecule has 0 aliphatic carbocycles. The second-order valence-electron chi connectivity index (χ2n) is 5.89. The molecule has 0 N–H and O–H groups in total. The summed E-state index contributed by atoms with van der Waals surface area (Å²) in [5, 5.41) is 0. The minimum atomic E-state index is -0.414. The van der Waals surface area contributed by atoms with E-state index in [1.54, 1.807) is 41.6 Å². The summed E-state index contributed by atoms with van der Waals surface area (Å²) in [5.74, 6) is 0.291. The van der Waals surface area contributed by atoms with Gasteiger partial charge in [0.05, 0.1) is 19.2 Å². The zero-order chi connectivity index (χ0) is 17.6. The van der Waals surface area contributed by atoms with E-state index in [2.05, 4.69) is 9.72 Å². The monoisotopic (exact) mass is 340 g/mol. The molecule has 1 aliphatic rings. The van der Waals surface area contributed by atoms with E-state index in [1.807, 2.05) is 12.1 Å². The topological polar surface area (TPSA) is 68.7 Å². The fourth-order valence-electron chi connectivity index (χ4n) is 2.88. The quantitative estimate of drug-likeness (QED) is 0.800. The zero-order valence-electron chi connectivity index (χ0n) is 14.1. The maximum Gasteiger partial charge on any atom is 0.337 e. The Kier molecular flexibility index (Phi) is 5.28. The van der Waals surface area contributed by atoms with Crippen molar-refractivity contribution < 1.29 is 19.1 Å². The van der Waals surface area contributed by atoms with Crippen LogP contribution in [0.5, 0.6) is 5.75 Å². The fraction of sp³-hybridized carbons (Fsp3) is 0.316. The average molecular weight is 340 g/mol. The molecule has 25 heavy (non-hydrogen) atoms. The number of aromatic nitrogens is 1. The normalized spacial score (nSPS) is 17.0. The first kappa shape index (κ1) is 17.0. The molecule has 1 amide bonds. The number of nitrogens with zero attached hydrogens (tertiary/aromatic N) is 2. The average Bonchev–Trinajstić information content (AvgIpc) is 2.68. The van der Waals surface area contributed by atoms with Crippen LogP contribution >= 0.6 is 0 Å². The molecule has 6 heteroatoms. The largest absolute Gasteiger partial charge is 0.488 e. The van der Waals surface area contributed by atoms with Crippen LogP contribution in [0.25, 0.3) is 0 Å². The number of amides is 1. The summed E-state index contributed by atoms with van der Waals surface area (Å²) < 4.78 is 10.6. The Morgan fingerprint density at radius 1 is 1.08 bits per heavy atom. The van der Waals surface area contributed by atoms with Gasteiger partial charge in [-0.15, -0.1) is 0 Å². The highest BCUT2D eigenvalue weighted by Gasteiger charge is 2.25. The Balaban J connectivity index is 1.64. The van der Waals surface area contributed by atoms with Crippen LogP contribution in [-0.2, 0) is 4.74 Å². The van der Waals surface area contributed by atoms with Crippen molar-refractivity contribution in [3.63, 3.8) is 0 Å². The highest BCUT2D eigenvalue weighted by atomic mass is 16.5. The number of hydrogen-bond acceptors (Lipinski definition) is 5. The highest BCUT2D eigenvalue weighted by molar-refractivity contribution is 5.96. The molecular weight excluding hydrogens is 320 g/mol. The van der Waals surface area contributed by atoms with E-state index in [4.69, 9.17) is 4.74 Å². The molecule has 1 aliphatic heterocycles. The number of carbonyl (C=O) groups is 2. The molecule has 1 fully saturated rings. The fourth-order valence-corrected chi connectivity index (χ4v) is 2.88. The number of likely N-dealkylation sites (tertiary alicyclic amines) is 1. The standard InChI is InChI=1S/C19H20N2O4/c1-24-19(23)15-6-4-14(5-7-15)18(22)21-12-2-3-17(13-21)25-16-8-10-20-11-9-16/h4-11,17H,2-3,12-13H2,1H3/t17-/m1/s1. The first-order valence-electron chi connectivity index (χ1n) is 8.21. The molecule has 0 unspecified atom stereocenters. The minimum Gasteiger partial charge on any atom is -0.488 e. The van der Waals surface area contributed by atoms with Gasteiger partial charge in [0.25, 0.3) is 5.91 Å². The van der Waals surface area contributed by atoms with Crippen molar-refractivity contribution in [3.8, 4) is 5.75 Å². The summed E-state index contributed by atoms with van der Waals surface area (Å²) in [6.07, 6.45) is 5.14. The molecule has 1 aromatic heterocycles. The van der Waals surface area contributed by atoms with Crippen LogP contribution in [0.4, 0.5) is 0 Å². The Hall–Kier alpha value is -2.89. The number of pyridine rings is 1. The van der Waals surface area contributed by atoms with Crippen molar-refractivity contribution in [2.75, 3.05) is 20.2 Å².